The van der Waals surface area contributed by atoms with Gasteiger partial charge in [0.1, 0.15) is 29.1 Å². The number of rotatable bonds is 7. The quantitative estimate of drug-likeness (QED) is 0.237. The summed E-state index contributed by atoms with van der Waals surface area (Å²) in [5, 5.41) is 11.4. The Balaban J connectivity index is 2.09. The molecule has 1 aromatic rings. The number of phenols is 1. The summed E-state index contributed by atoms with van der Waals surface area (Å²) < 4.78 is 13.3. The van der Waals surface area contributed by atoms with Gasteiger partial charge in [-0.3, -0.25) is 14.6 Å². The van der Waals surface area contributed by atoms with Gasteiger partial charge in [-0.1, -0.05) is 60.3 Å². The van der Waals surface area contributed by atoms with Crippen molar-refractivity contribution in [1.29, 1.82) is 0 Å². The van der Waals surface area contributed by atoms with E-state index >= 15 is 0 Å². The van der Waals surface area contributed by atoms with Crippen molar-refractivity contribution in [1.82, 2.24) is 9.80 Å². The molecule has 6 nitrogen and oxygen atoms in total. The first-order valence-corrected chi connectivity index (χ1v) is 17.4. The van der Waals surface area contributed by atoms with Crippen LogP contribution in [0.4, 0.5) is 0 Å². The number of hydrogen-bond donors (Lipinski definition) is 1. The second-order valence-electron chi connectivity index (χ2n) is 19.4. The average molecular weight is 641 g/mol. The molecule has 2 fully saturated rings. The third kappa shape index (κ3) is 7.80. The van der Waals surface area contributed by atoms with Gasteiger partial charge >= 0.3 is 5.97 Å². The van der Waals surface area contributed by atoms with Gasteiger partial charge in [-0.15, -0.1) is 0 Å². The molecule has 0 saturated carbocycles. The highest BCUT2D eigenvalue weighted by molar-refractivity contribution is 5.80. The standard InChI is InChI=1S/C40H68N2O4/c1-26(45-28-22-36(8,9)41(17)37(10,11)23-28)40(16,33(44)46-29-24-38(12,13)42(18)39(14,15)25-29)21-27-19-30(34(2,3)4)32(43)31(20-27)35(5,6)7/h19-20,28-29,43H,1,21-25H2,2-18H3. The summed E-state index contributed by atoms with van der Waals surface area (Å²) in [6.45, 7) is 37.0. The van der Waals surface area contributed by atoms with Crippen LogP contribution >= 0.6 is 0 Å². The van der Waals surface area contributed by atoms with Crippen LogP contribution in [0.1, 0.15) is 146 Å². The Morgan fingerprint density at radius 3 is 1.39 bits per heavy atom. The predicted molar refractivity (Wildman–Crippen MR) is 192 cm³/mol. The Morgan fingerprint density at radius 1 is 0.739 bits per heavy atom. The molecule has 1 aromatic carbocycles. The highest BCUT2D eigenvalue weighted by atomic mass is 16.6. The van der Waals surface area contributed by atoms with E-state index in [2.05, 4.69) is 140 Å². The van der Waals surface area contributed by atoms with Crippen LogP contribution in [-0.4, -0.2) is 69.3 Å². The molecule has 0 aliphatic carbocycles. The van der Waals surface area contributed by atoms with Gasteiger partial charge in [0.15, 0.2) is 0 Å². The zero-order chi connectivity index (χ0) is 35.6. The number of esters is 1. The number of hydrogen-bond acceptors (Lipinski definition) is 6. The lowest BCUT2D eigenvalue weighted by atomic mass is 9.75. The van der Waals surface area contributed by atoms with E-state index in [4.69, 9.17) is 9.47 Å². The third-order valence-corrected chi connectivity index (χ3v) is 11.5. The summed E-state index contributed by atoms with van der Waals surface area (Å²) in [6.07, 6.45) is 3.21. The lowest BCUT2D eigenvalue weighted by Gasteiger charge is -2.54. The van der Waals surface area contributed by atoms with E-state index < -0.39 is 5.41 Å². The molecule has 1 unspecified atom stereocenters. The molecule has 0 bridgehead atoms. The number of ether oxygens (including phenoxy) is 2. The maximum atomic E-state index is 14.6. The minimum Gasteiger partial charge on any atom is -0.507 e. The third-order valence-electron chi connectivity index (χ3n) is 11.5. The van der Waals surface area contributed by atoms with E-state index in [9.17, 15) is 9.90 Å². The van der Waals surface area contributed by atoms with Gasteiger partial charge in [0, 0.05) is 47.8 Å². The molecule has 0 amide bonds. The van der Waals surface area contributed by atoms with E-state index in [-0.39, 0.29) is 51.2 Å². The molecule has 1 atom stereocenters. The normalized spacial score (nSPS) is 23.8. The van der Waals surface area contributed by atoms with Crippen LogP contribution < -0.4 is 0 Å². The van der Waals surface area contributed by atoms with E-state index in [0.717, 1.165) is 42.4 Å². The van der Waals surface area contributed by atoms with Crippen molar-refractivity contribution in [2.75, 3.05) is 14.1 Å². The van der Waals surface area contributed by atoms with Crippen molar-refractivity contribution in [3.63, 3.8) is 0 Å². The van der Waals surface area contributed by atoms with E-state index in [1.54, 1.807) is 0 Å². The van der Waals surface area contributed by atoms with Crippen LogP contribution in [0.25, 0.3) is 0 Å². The second kappa shape index (κ2) is 12.1. The lowest BCUT2D eigenvalue weighted by Crippen LogP contribution is -2.61. The van der Waals surface area contributed by atoms with Crippen molar-refractivity contribution < 1.29 is 19.4 Å². The molecule has 2 aliphatic heterocycles. The molecule has 0 aromatic heterocycles. The maximum Gasteiger partial charge on any atom is 0.320 e. The van der Waals surface area contributed by atoms with E-state index in [1.807, 2.05) is 6.92 Å². The van der Waals surface area contributed by atoms with Crippen LogP contribution in [0.3, 0.4) is 0 Å². The van der Waals surface area contributed by atoms with Crippen molar-refractivity contribution in [3.05, 3.63) is 41.2 Å². The largest absolute Gasteiger partial charge is 0.507 e. The first-order valence-electron chi connectivity index (χ1n) is 17.4. The van der Waals surface area contributed by atoms with Gasteiger partial charge in [0.05, 0.1) is 0 Å². The number of nitrogens with zero attached hydrogens (tertiary/aromatic N) is 2. The Morgan fingerprint density at radius 2 is 1.07 bits per heavy atom. The topological polar surface area (TPSA) is 62.2 Å². The molecule has 2 heterocycles. The molecular formula is C40H68N2O4. The second-order valence-corrected chi connectivity index (χ2v) is 19.4. The molecule has 2 saturated heterocycles. The Bertz CT molecular complexity index is 1180. The molecule has 1 N–H and O–H groups in total. The summed E-state index contributed by atoms with van der Waals surface area (Å²) in [5.41, 5.74) is 0.585. The number of carbonyl (C=O) groups is 1. The summed E-state index contributed by atoms with van der Waals surface area (Å²) in [5.74, 6) is 0.482. The molecule has 262 valence electrons. The first kappa shape index (κ1) is 38.4. The predicted octanol–water partition coefficient (Wildman–Crippen LogP) is 8.91. The van der Waals surface area contributed by atoms with Gasteiger partial charge in [-0.05, 0) is 110 Å². The zero-order valence-electron chi connectivity index (χ0n) is 32.6. The van der Waals surface area contributed by atoms with Gasteiger partial charge in [-0.25, -0.2) is 0 Å². The Kier molecular flexibility index (Phi) is 10.1. The minimum absolute atomic E-state index is 0.0743. The molecule has 2 aliphatic rings. The molecule has 3 rings (SSSR count). The number of carbonyl (C=O) groups excluding carboxylic acids is 1. The highest BCUT2D eigenvalue weighted by Gasteiger charge is 2.49. The van der Waals surface area contributed by atoms with Gasteiger partial charge < -0.3 is 14.6 Å². The summed E-state index contributed by atoms with van der Waals surface area (Å²) in [4.78, 5) is 19.5. The number of phenolic OH excluding ortho intramolecular Hbond substituents is 1. The van der Waals surface area contributed by atoms with Gasteiger partial charge in [-0.2, -0.15) is 0 Å². The number of aromatic hydroxyl groups is 1. The molecule has 0 spiro atoms. The van der Waals surface area contributed by atoms with Crippen molar-refractivity contribution in [2.45, 2.75) is 181 Å². The average Bonchev–Trinajstić information content (AvgIpc) is 2.84. The molecule has 46 heavy (non-hydrogen) atoms. The minimum atomic E-state index is -1.14. The molecule has 6 heteroatoms. The fraction of sp³-hybridized carbons (Fsp3) is 0.775. The van der Waals surface area contributed by atoms with Crippen LogP contribution in [0.15, 0.2) is 24.5 Å². The SMILES string of the molecule is C=C(OC1CC(C)(C)N(C)C(C)(C)C1)C(C)(Cc1cc(C(C)(C)C)c(O)c(C(C)(C)C)c1)C(=O)OC1CC(C)(C)N(C)C(C)(C)C1. The van der Waals surface area contributed by atoms with E-state index in [1.165, 1.54) is 0 Å². The van der Waals surface area contributed by atoms with Gasteiger partial charge in [0.25, 0.3) is 0 Å². The maximum absolute atomic E-state index is 14.6. The number of likely N-dealkylation sites (tertiary alicyclic amines) is 2. The fourth-order valence-corrected chi connectivity index (χ4v) is 7.97. The van der Waals surface area contributed by atoms with Crippen LogP contribution in [0.5, 0.6) is 5.75 Å². The van der Waals surface area contributed by atoms with Crippen LogP contribution in [0.2, 0.25) is 0 Å². The lowest BCUT2D eigenvalue weighted by molar-refractivity contribution is -0.171. The summed E-state index contributed by atoms with van der Waals surface area (Å²) >= 11 is 0. The van der Waals surface area contributed by atoms with Crippen LogP contribution in [-0.2, 0) is 31.5 Å². The van der Waals surface area contributed by atoms with Crippen molar-refractivity contribution in [2.24, 2.45) is 5.41 Å². The highest BCUT2D eigenvalue weighted by Crippen LogP contribution is 2.45. The Hall–Kier alpha value is -2.05. The van der Waals surface area contributed by atoms with Crippen LogP contribution in [0, 0.1) is 5.41 Å². The molecular weight excluding hydrogens is 572 g/mol. The summed E-state index contributed by atoms with van der Waals surface area (Å²) in [6, 6.07) is 4.12. The van der Waals surface area contributed by atoms with Gasteiger partial charge in [0.2, 0.25) is 0 Å². The zero-order valence-corrected chi connectivity index (χ0v) is 32.6. The Labute approximate surface area is 282 Å². The van der Waals surface area contributed by atoms with Crippen molar-refractivity contribution in [3.8, 4) is 5.75 Å². The monoisotopic (exact) mass is 641 g/mol. The number of benzene rings is 1. The fourth-order valence-electron chi connectivity index (χ4n) is 7.97. The first-order chi connectivity index (χ1) is 20.4. The summed E-state index contributed by atoms with van der Waals surface area (Å²) in [7, 11) is 4.34. The smallest absolute Gasteiger partial charge is 0.320 e. The number of piperidine rings is 2. The van der Waals surface area contributed by atoms with E-state index in [0.29, 0.717) is 17.9 Å². The molecule has 0 radical (unpaired) electrons. The van der Waals surface area contributed by atoms with Crippen molar-refractivity contribution >= 4 is 5.97 Å².